The average Bonchev–Trinajstić information content (AvgIpc) is 2.61. The Labute approximate surface area is 84.1 Å². The molecule has 0 fully saturated rings. The van der Waals surface area contributed by atoms with E-state index in [4.69, 9.17) is 0 Å². The first kappa shape index (κ1) is 11.1. The van der Waals surface area contributed by atoms with Crippen LogP contribution in [0.4, 0.5) is 0 Å². The van der Waals surface area contributed by atoms with E-state index in [0.717, 1.165) is 12.1 Å². The minimum absolute atomic E-state index is 0.108. The quantitative estimate of drug-likeness (QED) is 0.683. The molecule has 1 unspecified atom stereocenters. The first-order chi connectivity index (χ1) is 6.65. The molecule has 0 radical (unpaired) electrons. The maximum absolute atomic E-state index is 9.33. The highest BCUT2D eigenvalue weighted by Gasteiger charge is 2.26. The van der Waals surface area contributed by atoms with Crippen LogP contribution in [0, 0.1) is 0 Å². The number of hydrogen-bond donors (Lipinski definition) is 2. The molecule has 1 rings (SSSR count). The molecule has 1 aromatic heterocycles. The summed E-state index contributed by atoms with van der Waals surface area (Å²) in [7, 11) is 3.69. The van der Waals surface area contributed by atoms with Gasteiger partial charge >= 0.3 is 0 Å². The van der Waals surface area contributed by atoms with Crippen LogP contribution < -0.4 is 5.32 Å². The topological polar surface area (TPSA) is 63.0 Å². The third kappa shape index (κ3) is 2.30. The fourth-order valence-electron chi connectivity index (χ4n) is 1.46. The van der Waals surface area contributed by atoms with E-state index in [1.807, 2.05) is 27.2 Å². The normalized spacial score (nSPS) is 15.4. The van der Waals surface area contributed by atoms with Gasteiger partial charge in [0.05, 0.1) is 12.3 Å². The summed E-state index contributed by atoms with van der Waals surface area (Å²) in [6.45, 7) is 2.15. The van der Waals surface area contributed by atoms with Gasteiger partial charge in [-0.25, -0.2) is 0 Å². The Hall–Kier alpha value is -0.940. The third-order valence-corrected chi connectivity index (χ3v) is 2.68. The van der Waals surface area contributed by atoms with Gasteiger partial charge in [-0.2, -0.15) is 0 Å². The van der Waals surface area contributed by atoms with Gasteiger partial charge < -0.3 is 10.4 Å². The van der Waals surface area contributed by atoms with E-state index in [2.05, 4.69) is 15.6 Å². The van der Waals surface area contributed by atoms with Gasteiger partial charge in [0.2, 0.25) is 0 Å². The van der Waals surface area contributed by atoms with Crippen LogP contribution in [0.25, 0.3) is 0 Å². The molecule has 0 aliphatic carbocycles. The van der Waals surface area contributed by atoms with Crippen LogP contribution in [-0.2, 0) is 13.5 Å². The molecule has 0 spiro atoms. The number of nitrogens with one attached hydrogen (secondary N) is 1. The number of aliphatic hydroxyl groups is 1. The molecule has 0 aromatic carbocycles. The van der Waals surface area contributed by atoms with Gasteiger partial charge in [-0.1, -0.05) is 12.1 Å². The lowest BCUT2D eigenvalue weighted by Crippen LogP contribution is -2.48. The SMILES string of the molecule is CCC(CO)(Cc1cn(C)nn1)NC. The van der Waals surface area contributed by atoms with Crippen LogP contribution in [0.1, 0.15) is 19.0 Å². The maximum atomic E-state index is 9.33. The zero-order chi connectivity index (χ0) is 10.6. The van der Waals surface area contributed by atoms with Crippen molar-refractivity contribution in [3.63, 3.8) is 0 Å². The molecule has 0 aliphatic heterocycles. The van der Waals surface area contributed by atoms with Crippen molar-refractivity contribution in [2.24, 2.45) is 7.05 Å². The van der Waals surface area contributed by atoms with E-state index < -0.39 is 0 Å². The molecule has 5 nitrogen and oxygen atoms in total. The summed E-state index contributed by atoms with van der Waals surface area (Å²) in [5, 5.41) is 20.3. The van der Waals surface area contributed by atoms with Crippen LogP contribution in [0.2, 0.25) is 0 Å². The summed E-state index contributed by atoms with van der Waals surface area (Å²) in [5.74, 6) is 0. The number of rotatable bonds is 5. The molecule has 1 heterocycles. The second-order valence-corrected chi connectivity index (χ2v) is 3.60. The Morgan fingerprint density at radius 3 is 2.71 bits per heavy atom. The third-order valence-electron chi connectivity index (χ3n) is 2.68. The molecule has 5 heteroatoms. The Balaban J connectivity index is 2.73. The Morgan fingerprint density at radius 2 is 2.36 bits per heavy atom. The fraction of sp³-hybridized carbons (Fsp3) is 0.778. The van der Waals surface area contributed by atoms with Crippen LogP contribution in [0.3, 0.4) is 0 Å². The van der Waals surface area contributed by atoms with Gasteiger partial charge in [-0.15, -0.1) is 5.10 Å². The zero-order valence-corrected chi connectivity index (χ0v) is 8.99. The van der Waals surface area contributed by atoms with Crippen LogP contribution >= 0.6 is 0 Å². The van der Waals surface area contributed by atoms with Gasteiger partial charge in [0, 0.05) is 25.2 Å². The summed E-state index contributed by atoms with van der Waals surface area (Å²) in [4.78, 5) is 0. The number of aromatic nitrogens is 3. The summed E-state index contributed by atoms with van der Waals surface area (Å²) < 4.78 is 1.67. The van der Waals surface area contributed by atoms with Gasteiger partial charge in [-0.3, -0.25) is 4.68 Å². The summed E-state index contributed by atoms with van der Waals surface area (Å²) in [5.41, 5.74) is 0.633. The standard InChI is InChI=1S/C9H18N4O/c1-4-9(7-14,10-2)5-8-6-13(3)12-11-8/h6,10,14H,4-5,7H2,1-3H3. The summed E-state index contributed by atoms with van der Waals surface area (Å²) in [6.07, 6.45) is 3.43. The summed E-state index contributed by atoms with van der Waals surface area (Å²) >= 11 is 0. The predicted octanol–water partition coefficient (Wildman–Crippen LogP) is -0.282. The van der Waals surface area contributed by atoms with Gasteiger partial charge in [0.1, 0.15) is 0 Å². The molecular weight excluding hydrogens is 180 g/mol. The molecular formula is C9H18N4O. The molecule has 14 heavy (non-hydrogen) atoms. The Morgan fingerprint density at radius 1 is 1.64 bits per heavy atom. The molecule has 80 valence electrons. The highest BCUT2D eigenvalue weighted by molar-refractivity contribution is 5.02. The molecule has 0 amide bonds. The smallest absolute Gasteiger partial charge is 0.0846 e. The van der Waals surface area contributed by atoms with Crippen molar-refractivity contribution in [2.45, 2.75) is 25.3 Å². The fourth-order valence-corrected chi connectivity index (χ4v) is 1.46. The van der Waals surface area contributed by atoms with Gasteiger partial charge in [0.25, 0.3) is 0 Å². The highest BCUT2D eigenvalue weighted by Crippen LogP contribution is 2.14. The van der Waals surface area contributed by atoms with Crippen LogP contribution in [-0.4, -0.2) is 39.3 Å². The monoisotopic (exact) mass is 198 g/mol. The average molecular weight is 198 g/mol. The van der Waals surface area contributed by atoms with Crippen molar-refractivity contribution in [1.82, 2.24) is 20.3 Å². The second kappa shape index (κ2) is 4.52. The number of aliphatic hydroxyl groups excluding tert-OH is 1. The number of hydrogen-bond acceptors (Lipinski definition) is 4. The lowest BCUT2D eigenvalue weighted by Gasteiger charge is -2.29. The molecule has 1 aromatic rings. The van der Waals surface area contributed by atoms with Crippen molar-refractivity contribution >= 4 is 0 Å². The van der Waals surface area contributed by atoms with Gasteiger partial charge in [0.15, 0.2) is 0 Å². The van der Waals surface area contributed by atoms with Crippen molar-refractivity contribution in [1.29, 1.82) is 0 Å². The zero-order valence-electron chi connectivity index (χ0n) is 8.99. The second-order valence-electron chi connectivity index (χ2n) is 3.60. The van der Waals surface area contributed by atoms with E-state index in [9.17, 15) is 5.11 Å². The number of likely N-dealkylation sites (N-methyl/N-ethyl adjacent to an activating group) is 1. The predicted molar refractivity (Wildman–Crippen MR) is 53.9 cm³/mol. The minimum Gasteiger partial charge on any atom is -0.394 e. The Bertz CT molecular complexity index is 272. The minimum atomic E-state index is -0.268. The first-order valence-electron chi connectivity index (χ1n) is 4.81. The Kier molecular flexibility index (Phi) is 3.60. The first-order valence-corrected chi connectivity index (χ1v) is 4.81. The van der Waals surface area contributed by atoms with Crippen molar-refractivity contribution in [3.8, 4) is 0 Å². The highest BCUT2D eigenvalue weighted by atomic mass is 16.3. The molecule has 1 atom stereocenters. The molecule has 0 saturated carbocycles. The number of aryl methyl sites for hydroxylation is 1. The summed E-state index contributed by atoms with van der Waals surface area (Å²) in [6, 6.07) is 0. The van der Waals surface area contributed by atoms with E-state index in [-0.39, 0.29) is 12.1 Å². The number of nitrogens with zero attached hydrogens (tertiary/aromatic N) is 3. The van der Waals surface area contributed by atoms with Crippen molar-refractivity contribution < 1.29 is 5.11 Å². The van der Waals surface area contributed by atoms with Crippen molar-refractivity contribution in [3.05, 3.63) is 11.9 Å². The van der Waals surface area contributed by atoms with Crippen LogP contribution in [0.15, 0.2) is 6.20 Å². The van der Waals surface area contributed by atoms with E-state index in [1.165, 1.54) is 0 Å². The van der Waals surface area contributed by atoms with Gasteiger partial charge in [-0.05, 0) is 13.5 Å². The van der Waals surface area contributed by atoms with E-state index in [0.29, 0.717) is 6.42 Å². The van der Waals surface area contributed by atoms with E-state index in [1.54, 1.807) is 4.68 Å². The molecule has 0 aliphatic rings. The lowest BCUT2D eigenvalue weighted by molar-refractivity contribution is 0.162. The van der Waals surface area contributed by atoms with Crippen LogP contribution in [0.5, 0.6) is 0 Å². The maximum Gasteiger partial charge on any atom is 0.0846 e. The molecule has 0 bridgehead atoms. The van der Waals surface area contributed by atoms with E-state index >= 15 is 0 Å². The molecule has 0 saturated heterocycles. The molecule has 2 N–H and O–H groups in total. The largest absolute Gasteiger partial charge is 0.394 e. The lowest BCUT2D eigenvalue weighted by atomic mass is 9.92. The van der Waals surface area contributed by atoms with Crippen molar-refractivity contribution in [2.75, 3.05) is 13.7 Å².